The minimum Gasteiger partial charge on any atom is -0.495 e. The van der Waals surface area contributed by atoms with Crippen LogP contribution in [0.15, 0.2) is 36.4 Å². The Morgan fingerprint density at radius 2 is 1.89 bits per heavy atom. The maximum Gasteiger partial charge on any atom is 0.248 e. The summed E-state index contributed by atoms with van der Waals surface area (Å²) < 4.78 is 30.9. The van der Waals surface area contributed by atoms with Crippen molar-refractivity contribution in [1.82, 2.24) is 0 Å². The fraction of sp³-hybridized carbons (Fsp3) is 0.316. The van der Waals surface area contributed by atoms with E-state index in [1.54, 1.807) is 18.2 Å². The Balaban J connectivity index is 2.38. The fourth-order valence-corrected chi connectivity index (χ4v) is 4.14. The van der Waals surface area contributed by atoms with E-state index in [2.05, 4.69) is 5.32 Å². The summed E-state index contributed by atoms with van der Waals surface area (Å²) in [6.07, 6.45) is 1.05. The van der Waals surface area contributed by atoms with Gasteiger partial charge in [0.25, 0.3) is 0 Å². The molecule has 1 atom stereocenters. The zero-order chi connectivity index (χ0) is 20.4. The highest BCUT2D eigenvalue weighted by Crippen LogP contribution is 2.31. The first-order chi connectivity index (χ1) is 12.6. The molecule has 0 saturated heterocycles. The van der Waals surface area contributed by atoms with E-state index in [1.807, 2.05) is 26.0 Å². The third-order valence-corrected chi connectivity index (χ3v) is 5.88. The molecule has 2 aromatic carbocycles. The SMILES string of the molecule is COc1ccc(N([C@@H](C)C(=O)Nc2cccc(C)c2C)S(C)(=O)=O)cc1Cl. The fourth-order valence-electron chi connectivity index (χ4n) is 2.72. The van der Waals surface area contributed by atoms with Gasteiger partial charge in [-0.25, -0.2) is 8.42 Å². The van der Waals surface area contributed by atoms with Crippen LogP contribution >= 0.6 is 11.6 Å². The molecule has 0 aliphatic carbocycles. The van der Waals surface area contributed by atoms with Crippen molar-refractivity contribution in [2.45, 2.75) is 26.8 Å². The number of carbonyl (C=O) groups excluding carboxylic acids is 1. The predicted molar refractivity (Wildman–Crippen MR) is 109 cm³/mol. The number of hydrogen-bond acceptors (Lipinski definition) is 4. The van der Waals surface area contributed by atoms with Gasteiger partial charge in [0.1, 0.15) is 11.8 Å². The average molecular weight is 411 g/mol. The first kappa shape index (κ1) is 21.1. The molecule has 0 heterocycles. The third-order valence-electron chi connectivity index (χ3n) is 4.34. The lowest BCUT2D eigenvalue weighted by atomic mass is 10.1. The van der Waals surface area contributed by atoms with Gasteiger partial charge in [-0.15, -0.1) is 0 Å². The molecule has 8 heteroatoms. The quantitative estimate of drug-likeness (QED) is 0.786. The van der Waals surface area contributed by atoms with Gasteiger partial charge < -0.3 is 10.1 Å². The Bertz CT molecular complexity index is 960. The van der Waals surface area contributed by atoms with Crippen LogP contribution in [0.25, 0.3) is 0 Å². The van der Waals surface area contributed by atoms with Crippen LogP contribution in [0.2, 0.25) is 5.02 Å². The summed E-state index contributed by atoms with van der Waals surface area (Å²) in [4.78, 5) is 12.8. The van der Waals surface area contributed by atoms with E-state index in [9.17, 15) is 13.2 Å². The number of nitrogens with zero attached hydrogens (tertiary/aromatic N) is 1. The number of methoxy groups -OCH3 is 1. The number of anilines is 2. The monoisotopic (exact) mass is 410 g/mol. The summed E-state index contributed by atoms with van der Waals surface area (Å²) in [7, 11) is -2.27. The molecule has 6 nitrogen and oxygen atoms in total. The van der Waals surface area contributed by atoms with Crippen LogP contribution in [0.4, 0.5) is 11.4 Å². The molecule has 2 aromatic rings. The molecule has 1 N–H and O–H groups in total. The number of amides is 1. The Kier molecular flexibility index (Phi) is 6.38. The van der Waals surface area contributed by atoms with Gasteiger partial charge in [0, 0.05) is 5.69 Å². The lowest BCUT2D eigenvalue weighted by Gasteiger charge is -2.28. The summed E-state index contributed by atoms with van der Waals surface area (Å²) in [5, 5.41) is 3.06. The van der Waals surface area contributed by atoms with Crippen molar-refractivity contribution in [3.8, 4) is 5.75 Å². The van der Waals surface area contributed by atoms with Crippen molar-refractivity contribution < 1.29 is 17.9 Å². The Labute approximate surface area is 165 Å². The summed E-state index contributed by atoms with van der Waals surface area (Å²) >= 11 is 6.13. The second-order valence-corrected chi connectivity index (χ2v) is 8.56. The van der Waals surface area contributed by atoms with Gasteiger partial charge in [-0.1, -0.05) is 23.7 Å². The standard InChI is InChI=1S/C19H23ClN2O4S/c1-12-7-6-8-17(13(12)2)21-19(23)14(3)22(27(5,24)25)15-9-10-18(26-4)16(20)11-15/h6-11,14H,1-5H3,(H,21,23)/t14-/m0/s1. The van der Waals surface area contributed by atoms with Crippen LogP contribution in [0, 0.1) is 13.8 Å². The Morgan fingerprint density at radius 1 is 1.22 bits per heavy atom. The number of ether oxygens (including phenoxy) is 1. The largest absolute Gasteiger partial charge is 0.495 e. The van der Waals surface area contributed by atoms with Gasteiger partial charge in [0.2, 0.25) is 15.9 Å². The van der Waals surface area contributed by atoms with Crippen molar-refractivity contribution in [1.29, 1.82) is 0 Å². The van der Waals surface area contributed by atoms with E-state index in [-0.39, 0.29) is 10.7 Å². The van der Waals surface area contributed by atoms with Crippen LogP contribution in [0.1, 0.15) is 18.1 Å². The molecule has 2 rings (SSSR count). The number of hydrogen-bond donors (Lipinski definition) is 1. The average Bonchev–Trinajstić information content (AvgIpc) is 2.58. The van der Waals surface area contributed by atoms with Crippen molar-refractivity contribution in [3.05, 3.63) is 52.5 Å². The predicted octanol–water partition coefficient (Wildman–Crippen LogP) is 3.76. The highest BCUT2D eigenvalue weighted by atomic mass is 35.5. The van der Waals surface area contributed by atoms with E-state index in [0.717, 1.165) is 21.7 Å². The van der Waals surface area contributed by atoms with Crippen LogP contribution in [-0.4, -0.2) is 33.7 Å². The zero-order valence-electron chi connectivity index (χ0n) is 15.9. The number of halogens is 1. The molecular weight excluding hydrogens is 388 g/mol. The zero-order valence-corrected chi connectivity index (χ0v) is 17.5. The molecule has 27 heavy (non-hydrogen) atoms. The number of sulfonamides is 1. The first-order valence-electron chi connectivity index (χ1n) is 8.26. The first-order valence-corrected chi connectivity index (χ1v) is 10.5. The summed E-state index contributed by atoms with van der Waals surface area (Å²) in [5.74, 6) is -0.0255. The molecule has 146 valence electrons. The minimum absolute atomic E-state index is 0.255. The number of benzene rings is 2. The van der Waals surface area contributed by atoms with E-state index < -0.39 is 22.0 Å². The molecular formula is C19H23ClN2O4S. The molecule has 0 fully saturated rings. The maximum atomic E-state index is 12.8. The molecule has 1 amide bonds. The van der Waals surface area contributed by atoms with Crippen LogP contribution in [0.3, 0.4) is 0 Å². The highest BCUT2D eigenvalue weighted by Gasteiger charge is 2.30. The summed E-state index contributed by atoms with van der Waals surface area (Å²) in [6.45, 7) is 5.36. The van der Waals surface area contributed by atoms with Crippen molar-refractivity contribution >= 4 is 38.9 Å². The second-order valence-electron chi connectivity index (χ2n) is 6.29. The summed E-state index contributed by atoms with van der Waals surface area (Å²) in [5.41, 5.74) is 2.89. The van der Waals surface area contributed by atoms with E-state index in [4.69, 9.17) is 16.3 Å². The Morgan fingerprint density at radius 3 is 2.44 bits per heavy atom. The lowest BCUT2D eigenvalue weighted by molar-refractivity contribution is -0.116. The van der Waals surface area contributed by atoms with Crippen LogP contribution < -0.4 is 14.4 Å². The molecule has 0 bridgehead atoms. The third kappa shape index (κ3) is 4.73. The number of carbonyl (C=O) groups is 1. The smallest absolute Gasteiger partial charge is 0.248 e. The highest BCUT2D eigenvalue weighted by molar-refractivity contribution is 7.92. The van der Waals surface area contributed by atoms with Gasteiger partial charge in [-0.2, -0.15) is 0 Å². The van der Waals surface area contributed by atoms with Crippen LogP contribution in [-0.2, 0) is 14.8 Å². The molecule has 0 unspecified atom stereocenters. The number of rotatable bonds is 6. The van der Waals surface area contributed by atoms with Crippen molar-refractivity contribution in [3.63, 3.8) is 0 Å². The van der Waals surface area contributed by atoms with Gasteiger partial charge >= 0.3 is 0 Å². The van der Waals surface area contributed by atoms with Gasteiger partial charge in [0.15, 0.2) is 0 Å². The normalized spacial score (nSPS) is 12.4. The number of aryl methyl sites for hydroxylation is 1. The van der Waals surface area contributed by atoms with Gasteiger partial charge in [0.05, 0.1) is 24.1 Å². The summed E-state index contributed by atoms with van der Waals surface area (Å²) in [6, 6.07) is 9.14. The van der Waals surface area contributed by atoms with Crippen LogP contribution in [0.5, 0.6) is 5.75 Å². The van der Waals surface area contributed by atoms with Crippen molar-refractivity contribution in [2.24, 2.45) is 0 Å². The van der Waals surface area contributed by atoms with Gasteiger partial charge in [-0.3, -0.25) is 9.10 Å². The molecule has 0 aliphatic heterocycles. The van der Waals surface area contributed by atoms with E-state index in [1.165, 1.54) is 20.1 Å². The molecule has 0 radical (unpaired) electrons. The molecule has 0 aliphatic rings. The number of nitrogens with one attached hydrogen (secondary N) is 1. The minimum atomic E-state index is -3.74. The topological polar surface area (TPSA) is 75.7 Å². The van der Waals surface area contributed by atoms with E-state index in [0.29, 0.717) is 11.4 Å². The van der Waals surface area contributed by atoms with Gasteiger partial charge in [-0.05, 0) is 56.2 Å². The molecule has 0 saturated carbocycles. The van der Waals surface area contributed by atoms with E-state index >= 15 is 0 Å². The second kappa shape index (κ2) is 8.19. The Hall–Kier alpha value is -2.25. The van der Waals surface area contributed by atoms with Crippen molar-refractivity contribution in [2.75, 3.05) is 23.0 Å². The molecule has 0 spiro atoms. The molecule has 0 aromatic heterocycles. The maximum absolute atomic E-state index is 12.8. The lowest BCUT2D eigenvalue weighted by Crippen LogP contribution is -2.45.